The van der Waals surface area contributed by atoms with Crippen LogP contribution in [0.1, 0.15) is 32.5 Å². The van der Waals surface area contributed by atoms with E-state index in [1.54, 1.807) is 19.1 Å². The van der Waals surface area contributed by atoms with Crippen molar-refractivity contribution in [2.45, 2.75) is 13.0 Å². The van der Waals surface area contributed by atoms with Crippen molar-refractivity contribution in [1.29, 1.82) is 0 Å². The predicted octanol–water partition coefficient (Wildman–Crippen LogP) is 3.22. The van der Waals surface area contributed by atoms with Gasteiger partial charge in [0, 0.05) is 22.5 Å². The molecule has 11 nitrogen and oxygen atoms in total. The van der Waals surface area contributed by atoms with Crippen molar-refractivity contribution in [3.8, 4) is 5.75 Å². The van der Waals surface area contributed by atoms with Crippen molar-refractivity contribution in [3.63, 3.8) is 0 Å². The molecule has 4 aromatic rings. The number of aromatic nitrogens is 1. The van der Waals surface area contributed by atoms with Gasteiger partial charge in [0.1, 0.15) is 28.3 Å². The van der Waals surface area contributed by atoms with E-state index in [1.165, 1.54) is 65.6 Å². The van der Waals surface area contributed by atoms with Gasteiger partial charge >= 0.3 is 0 Å². The smallest absolute Gasteiger partial charge is 0.262 e. The Hall–Kier alpha value is -5.30. The molecule has 0 saturated heterocycles. The van der Waals surface area contributed by atoms with E-state index in [1.807, 2.05) is 0 Å². The lowest BCUT2D eigenvalue weighted by Gasteiger charge is -2.26. The monoisotopic (exact) mass is 576 g/mol. The van der Waals surface area contributed by atoms with Gasteiger partial charge in [0.25, 0.3) is 5.91 Å². The molecule has 3 amide bonds. The van der Waals surface area contributed by atoms with Crippen LogP contribution in [0.25, 0.3) is 0 Å². The number of nitrogens with one attached hydrogen (secondary N) is 1. The van der Waals surface area contributed by atoms with Crippen molar-refractivity contribution >= 4 is 57.2 Å². The number of carbonyl (C=O) groups is 4. The standard InChI is InChI=1S/C28H25FN6O5S/c1-15(26(31)38)35(20-9-7-18(29)8-10-20)28-34-25(30)24(41-28)23(37)16-5-11-21(12-6-16)40-14-22(36)33-19-4-2-3-17(13-19)27(32)39/h2-13,15H,14,30H2,1H3,(H2,31,38)(H2,32,39)(H,33,36). The summed E-state index contributed by atoms with van der Waals surface area (Å²) < 4.78 is 19.0. The number of hydrogen-bond donors (Lipinski definition) is 4. The lowest BCUT2D eigenvalue weighted by atomic mass is 10.1. The SMILES string of the molecule is CC(C(N)=O)N(c1ccc(F)cc1)c1nc(N)c(C(=O)c2ccc(OCC(=O)Nc3cccc(C(N)=O)c3)cc2)s1. The highest BCUT2D eigenvalue weighted by Crippen LogP contribution is 2.36. The number of nitrogens with two attached hydrogens (primary N) is 3. The molecular formula is C28H25FN6O5S. The normalized spacial score (nSPS) is 11.4. The molecule has 4 rings (SSSR count). The molecule has 0 aliphatic heterocycles. The number of amides is 3. The molecule has 3 aromatic carbocycles. The first-order valence-corrected chi connectivity index (χ1v) is 12.9. The van der Waals surface area contributed by atoms with E-state index in [0.29, 0.717) is 17.1 Å². The minimum absolute atomic E-state index is 0.0452. The number of ether oxygens (including phenoxy) is 1. The largest absolute Gasteiger partial charge is 0.484 e. The van der Waals surface area contributed by atoms with Crippen molar-refractivity contribution in [2.75, 3.05) is 22.6 Å². The van der Waals surface area contributed by atoms with Crippen LogP contribution in [0.15, 0.2) is 72.8 Å². The zero-order chi connectivity index (χ0) is 29.7. The van der Waals surface area contributed by atoms with E-state index >= 15 is 0 Å². The molecule has 1 unspecified atom stereocenters. The summed E-state index contributed by atoms with van der Waals surface area (Å²) >= 11 is 0.963. The van der Waals surface area contributed by atoms with Crippen LogP contribution in [-0.4, -0.2) is 41.1 Å². The van der Waals surface area contributed by atoms with Crippen molar-refractivity contribution < 1.29 is 28.3 Å². The van der Waals surface area contributed by atoms with Crippen LogP contribution in [0.2, 0.25) is 0 Å². The number of primary amides is 2. The number of thiazole rings is 1. The molecule has 0 saturated carbocycles. The maximum atomic E-state index is 13.5. The third-order valence-electron chi connectivity index (χ3n) is 5.88. The third kappa shape index (κ3) is 6.83. The average molecular weight is 577 g/mol. The Labute approximate surface area is 237 Å². The first-order valence-electron chi connectivity index (χ1n) is 12.1. The number of nitrogens with zero attached hydrogens (tertiary/aromatic N) is 2. The lowest BCUT2D eigenvalue weighted by molar-refractivity contribution is -0.119. The number of halogens is 1. The molecule has 41 heavy (non-hydrogen) atoms. The van der Waals surface area contributed by atoms with Crippen molar-refractivity contribution in [2.24, 2.45) is 11.5 Å². The molecular weight excluding hydrogens is 551 g/mol. The van der Waals surface area contributed by atoms with Gasteiger partial charge in [-0.3, -0.25) is 19.2 Å². The molecule has 13 heteroatoms. The highest BCUT2D eigenvalue weighted by Gasteiger charge is 2.27. The number of benzene rings is 3. The van der Waals surface area contributed by atoms with E-state index in [0.717, 1.165) is 11.3 Å². The third-order valence-corrected chi connectivity index (χ3v) is 6.94. The Morgan fingerprint density at radius 2 is 1.68 bits per heavy atom. The summed E-state index contributed by atoms with van der Waals surface area (Å²) in [4.78, 5) is 54.7. The molecule has 0 aliphatic rings. The quantitative estimate of drug-likeness (QED) is 0.196. The van der Waals surface area contributed by atoms with Crippen LogP contribution in [0.3, 0.4) is 0 Å². The van der Waals surface area contributed by atoms with E-state index < -0.39 is 35.4 Å². The summed E-state index contributed by atoms with van der Waals surface area (Å²) in [6.07, 6.45) is 0. The van der Waals surface area contributed by atoms with E-state index in [2.05, 4.69) is 10.3 Å². The number of carbonyl (C=O) groups excluding carboxylic acids is 4. The number of ketones is 1. The Kier molecular flexibility index (Phi) is 8.58. The highest BCUT2D eigenvalue weighted by atomic mass is 32.1. The fraction of sp³-hybridized carbons (Fsp3) is 0.107. The Morgan fingerprint density at radius 3 is 2.32 bits per heavy atom. The van der Waals surface area contributed by atoms with Gasteiger partial charge in [-0.1, -0.05) is 17.4 Å². The topological polar surface area (TPSA) is 184 Å². The van der Waals surface area contributed by atoms with Gasteiger partial charge in [-0.25, -0.2) is 9.37 Å². The van der Waals surface area contributed by atoms with Crippen LogP contribution in [0, 0.1) is 5.82 Å². The summed E-state index contributed by atoms with van der Waals surface area (Å²) in [5, 5.41) is 2.84. The Bertz CT molecular complexity index is 1610. The number of hydrogen-bond acceptors (Lipinski definition) is 9. The second kappa shape index (κ2) is 12.3. The molecule has 0 bridgehead atoms. The molecule has 0 spiro atoms. The minimum Gasteiger partial charge on any atom is -0.484 e. The van der Waals surface area contributed by atoms with Crippen molar-refractivity contribution in [3.05, 3.63) is 94.6 Å². The van der Waals surface area contributed by atoms with Crippen LogP contribution >= 0.6 is 11.3 Å². The minimum atomic E-state index is -0.866. The van der Waals surface area contributed by atoms with Gasteiger partial charge in [0.2, 0.25) is 17.6 Å². The fourth-order valence-corrected chi connectivity index (χ4v) is 4.79. The van der Waals surface area contributed by atoms with Crippen LogP contribution < -0.4 is 32.2 Å². The maximum Gasteiger partial charge on any atom is 0.262 e. The zero-order valence-electron chi connectivity index (χ0n) is 21.7. The van der Waals surface area contributed by atoms with Gasteiger partial charge in [0.15, 0.2) is 11.7 Å². The Balaban J connectivity index is 1.45. The molecule has 210 valence electrons. The zero-order valence-corrected chi connectivity index (χ0v) is 22.5. The van der Waals surface area contributed by atoms with Crippen LogP contribution in [0.4, 0.5) is 26.7 Å². The summed E-state index contributed by atoms with van der Waals surface area (Å²) in [5.41, 5.74) is 18.2. The first kappa shape index (κ1) is 28.7. The summed E-state index contributed by atoms with van der Waals surface area (Å²) in [6.45, 7) is 1.23. The van der Waals surface area contributed by atoms with E-state index in [4.69, 9.17) is 21.9 Å². The van der Waals surface area contributed by atoms with Gasteiger partial charge in [-0.2, -0.15) is 0 Å². The molecule has 1 atom stereocenters. The molecule has 0 aliphatic carbocycles. The van der Waals surface area contributed by atoms with Crippen LogP contribution in [0.5, 0.6) is 5.75 Å². The van der Waals surface area contributed by atoms with Crippen LogP contribution in [-0.2, 0) is 9.59 Å². The molecule has 1 aromatic heterocycles. The van der Waals surface area contributed by atoms with Gasteiger partial charge in [-0.05, 0) is 73.7 Å². The lowest BCUT2D eigenvalue weighted by Crippen LogP contribution is -2.39. The first-order chi connectivity index (χ1) is 19.5. The molecule has 0 radical (unpaired) electrons. The number of anilines is 4. The van der Waals surface area contributed by atoms with Gasteiger partial charge in [-0.15, -0.1) is 0 Å². The summed E-state index contributed by atoms with van der Waals surface area (Å²) in [6, 6.07) is 16.7. The summed E-state index contributed by atoms with van der Waals surface area (Å²) in [5.74, 6) is -2.33. The number of nitrogen functional groups attached to an aromatic ring is 1. The van der Waals surface area contributed by atoms with Crippen molar-refractivity contribution in [1.82, 2.24) is 4.98 Å². The van der Waals surface area contributed by atoms with Gasteiger partial charge < -0.3 is 32.2 Å². The number of rotatable bonds is 11. The van der Waals surface area contributed by atoms with E-state index in [-0.39, 0.29) is 33.6 Å². The molecule has 1 heterocycles. The predicted molar refractivity (Wildman–Crippen MR) is 153 cm³/mol. The average Bonchev–Trinajstić information content (AvgIpc) is 3.33. The second-order valence-corrected chi connectivity index (χ2v) is 9.75. The Morgan fingerprint density at radius 1 is 1.00 bits per heavy atom. The highest BCUT2D eigenvalue weighted by molar-refractivity contribution is 7.18. The summed E-state index contributed by atoms with van der Waals surface area (Å²) in [7, 11) is 0. The molecule has 7 N–H and O–H groups in total. The fourth-order valence-electron chi connectivity index (χ4n) is 3.74. The maximum absolute atomic E-state index is 13.5. The molecule has 0 fully saturated rings. The second-order valence-electron chi connectivity index (χ2n) is 8.77. The van der Waals surface area contributed by atoms with E-state index in [9.17, 15) is 23.6 Å². The van der Waals surface area contributed by atoms with Gasteiger partial charge in [0.05, 0.1) is 0 Å².